The number of carbonyl (C=O) groups is 1. The van der Waals surface area contributed by atoms with Crippen LogP contribution in [0.25, 0.3) is 0 Å². The first-order valence-electron chi connectivity index (χ1n) is 7.76. The maximum Gasteiger partial charge on any atom is 0.255 e. The Hall–Kier alpha value is -2.58. The lowest BCUT2D eigenvalue weighted by Crippen LogP contribution is -2.44. The second-order valence-electron chi connectivity index (χ2n) is 5.91. The smallest absolute Gasteiger partial charge is 0.255 e. The third-order valence-corrected chi connectivity index (χ3v) is 4.53. The molecule has 0 aliphatic carbocycles. The van der Waals surface area contributed by atoms with Crippen molar-refractivity contribution in [1.29, 1.82) is 5.26 Å². The standard InChI is InChI=1S/C18H19N3O2/c19-9-16-8-14(10-20-16)18(23)21-7-6-17(15(11-21)12-22)13-4-2-1-3-5-13/h1-5,8,10,15,17,20,22H,6-7,11-12H2/t15-,17+/m1/s1. The second-order valence-corrected chi connectivity index (χ2v) is 5.91. The molecule has 0 radical (unpaired) electrons. The van der Waals surface area contributed by atoms with E-state index in [0.717, 1.165) is 6.42 Å². The minimum atomic E-state index is -0.0901. The van der Waals surface area contributed by atoms with Gasteiger partial charge in [-0.25, -0.2) is 0 Å². The third kappa shape index (κ3) is 3.13. The molecule has 2 N–H and O–H groups in total. The largest absolute Gasteiger partial charge is 0.396 e. The van der Waals surface area contributed by atoms with E-state index in [1.807, 2.05) is 24.3 Å². The number of nitriles is 1. The fraction of sp³-hybridized carbons (Fsp3) is 0.333. The summed E-state index contributed by atoms with van der Waals surface area (Å²) in [5.41, 5.74) is 2.09. The number of piperidine rings is 1. The highest BCUT2D eigenvalue weighted by Gasteiger charge is 2.32. The van der Waals surface area contributed by atoms with Crippen LogP contribution in [0.1, 0.15) is 34.0 Å². The van der Waals surface area contributed by atoms with Crippen molar-refractivity contribution in [2.24, 2.45) is 5.92 Å². The molecule has 5 heteroatoms. The summed E-state index contributed by atoms with van der Waals surface area (Å²) in [6.07, 6.45) is 2.40. The monoisotopic (exact) mass is 309 g/mol. The summed E-state index contributed by atoms with van der Waals surface area (Å²) < 4.78 is 0. The van der Waals surface area contributed by atoms with Gasteiger partial charge in [0.1, 0.15) is 11.8 Å². The molecular formula is C18H19N3O2. The highest BCUT2D eigenvalue weighted by Crippen LogP contribution is 2.33. The Morgan fingerprint density at radius 3 is 2.83 bits per heavy atom. The molecule has 3 rings (SSSR count). The molecule has 0 spiro atoms. The van der Waals surface area contributed by atoms with Crippen molar-refractivity contribution in [1.82, 2.24) is 9.88 Å². The fourth-order valence-corrected chi connectivity index (χ4v) is 3.31. The van der Waals surface area contributed by atoms with E-state index in [9.17, 15) is 9.90 Å². The average molecular weight is 309 g/mol. The molecule has 2 aromatic rings. The lowest BCUT2D eigenvalue weighted by atomic mass is 9.81. The highest BCUT2D eigenvalue weighted by molar-refractivity contribution is 5.94. The molecule has 2 atom stereocenters. The van der Waals surface area contributed by atoms with Gasteiger partial charge in [-0.15, -0.1) is 0 Å². The molecule has 0 bridgehead atoms. The Labute approximate surface area is 135 Å². The number of nitrogens with one attached hydrogen (secondary N) is 1. The number of H-pyrrole nitrogens is 1. The van der Waals surface area contributed by atoms with Crippen LogP contribution in [0.15, 0.2) is 42.6 Å². The minimum absolute atomic E-state index is 0.0319. The number of aromatic amines is 1. The van der Waals surface area contributed by atoms with E-state index in [1.165, 1.54) is 5.56 Å². The molecule has 1 aromatic heterocycles. The summed E-state index contributed by atoms with van der Waals surface area (Å²) in [7, 11) is 0. The average Bonchev–Trinajstić information content (AvgIpc) is 3.10. The molecule has 1 fully saturated rings. The lowest BCUT2D eigenvalue weighted by molar-refractivity contribution is 0.0578. The fourth-order valence-electron chi connectivity index (χ4n) is 3.31. The summed E-state index contributed by atoms with van der Waals surface area (Å²) in [5, 5.41) is 18.6. The predicted octanol–water partition coefficient (Wildman–Crippen LogP) is 2.12. The Morgan fingerprint density at radius 2 is 2.17 bits per heavy atom. The molecule has 2 heterocycles. The van der Waals surface area contributed by atoms with Gasteiger partial charge in [-0.3, -0.25) is 4.79 Å². The van der Waals surface area contributed by atoms with Crippen LogP contribution in [0.4, 0.5) is 0 Å². The van der Waals surface area contributed by atoms with Crippen LogP contribution in [0.5, 0.6) is 0 Å². The maximum absolute atomic E-state index is 12.5. The zero-order chi connectivity index (χ0) is 16.2. The van der Waals surface area contributed by atoms with Crippen molar-refractivity contribution in [3.8, 4) is 6.07 Å². The Bertz CT molecular complexity index is 717. The van der Waals surface area contributed by atoms with Crippen LogP contribution >= 0.6 is 0 Å². The van der Waals surface area contributed by atoms with Gasteiger partial charge in [0.15, 0.2) is 0 Å². The number of aliphatic hydroxyl groups excluding tert-OH is 1. The molecule has 1 aliphatic heterocycles. The molecule has 0 unspecified atom stereocenters. The van der Waals surface area contributed by atoms with Gasteiger partial charge < -0.3 is 15.0 Å². The van der Waals surface area contributed by atoms with Crippen molar-refractivity contribution >= 4 is 5.91 Å². The topological polar surface area (TPSA) is 80.1 Å². The second kappa shape index (κ2) is 6.67. The molecule has 118 valence electrons. The van der Waals surface area contributed by atoms with Gasteiger partial charge >= 0.3 is 0 Å². The summed E-state index contributed by atoms with van der Waals surface area (Å²) in [5.74, 6) is 0.211. The Kier molecular flexibility index (Phi) is 4.45. The number of nitrogens with zero attached hydrogens (tertiary/aromatic N) is 2. The number of aromatic nitrogens is 1. The van der Waals surface area contributed by atoms with Crippen molar-refractivity contribution < 1.29 is 9.90 Å². The molecule has 1 saturated heterocycles. The Morgan fingerprint density at radius 1 is 1.39 bits per heavy atom. The Balaban J connectivity index is 1.73. The van der Waals surface area contributed by atoms with E-state index in [0.29, 0.717) is 24.3 Å². The molecule has 5 nitrogen and oxygen atoms in total. The zero-order valence-corrected chi connectivity index (χ0v) is 12.8. The van der Waals surface area contributed by atoms with E-state index in [-0.39, 0.29) is 24.3 Å². The quantitative estimate of drug-likeness (QED) is 0.911. The molecule has 23 heavy (non-hydrogen) atoms. The normalized spacial score (nSPS) is 21.0. The minimum Gasteiger partial charge on any atom is -0.396 e. The van der Waals surface area contributed by atoms with E-state index < -0.39 is 0 Å². The summed E-state index contributed by atoms with van der Waals surface area (Å²) >= 11 is 0. The van der Waals surface area contributed by atoms with E-state index in [1.54, 1.807) is 17.2 Å². The van der Waals surface area contributed by atoms with Crippen LogP contribution in [0, 0.1) is 17.2 Å². The van der Waals surface area contributed by atoms with Gasteiger partial charge in [-0.2, -0.15) is 5.26 Å². The van der Waals surface area contributed by atoms with Crippen molar-refractivity contribution in [2.75, 3.05) is 19.7 Å². The van der Waals surface area contributed by atoms with Crippen LogP contribution in [0.3, 0.4) is 0 Å². The SMILES string of the molecule is N#Cc1cc(C(=O)N2CC[C@@H](c3ccccc3)[C@@H](CO)C2)c[nH]1. The molecular weight excluding hydrogens is 290 g/mol. The first-order valence-corrected chi connectivity index (χ1v) is 7.76. The van der Waals surface area contributed by atoms with Gasteiger partial charge in [0.05, 0.1) is 5.56 Å². The summed E-state index contributed by atoms with van der Waals surface area (Å²) in [6.45, 7) is 1.24. The van der Waals surface area contributed by atoms with Crippen molar-refractivity contribution in [2.45, 2.75) is 12.3 Å². The van der Waals surface area contributed by atoms with Crippen LogP contribution in [-0.4, -0.2) is 40.6 Å². The molecule has 1 amide bonds. The van der Waals surface area contributed by atoms with Crippen molar-refractivity contribution in [3.05, 3.63) is 59.4 Å². The number of carbonyl (C=O) groups excluding carboxylic acids is 1. The number of hydrogen-bond donors (Lipinski definition) is 2. The predicted molar refractivity (Wildman–Crippen MR) is 85.8 cm³/mol. The summed E-state index contributed by atoms with van der Waals surface area (Å²) in [4.78, 5) is 17.1. The zero-order valence-electron chi connectivity index (χ0n) is 12.8. The molecule has 1 aromatic carbocycles. The van der Waals surface area contributed by atoms with Crippen LogP contribution in [0.2, 0.25) is 0 Å². The van der Waals surface area contributed by atoms with Crippen molar-refractivity contribution in [3.63, 3.8) is 0 Å². The number of benzene rings is 1. The molecule has 1 aliphatic rings. The van der Waals surface area contributed by atoms with Gasteiger partial charge in [-0.1, -0.05) is 30.3 Å². The van der Waals surface area contributed by atoms with Gasteiger partial charge in [-0.05, 0) is 24.0 Å². The van der Waals surface area contributed by atoms with Crippen LogP contribution in [-0.2, 0) is 0 Å². The van der Waals surface area contributed by atoms with E-state index in [4.69, 9.17) is 5.26 Å². The number of hydrogen-bond acceptors (Lipinski definition) is 3. The number of amides is 1. The van der Waals surface area contributed by atoms with E-state index >= 15 is 0 Å². The van der Waals surface area contributed by atoms with Gasteiger partial charge in [0.2, 0.25) is 0 Å². The number of rotatable bonds is 3. The van der Waals surface area contributed by atoms with Gasteiger partial charge in [0.25, 0.3) is 5.91 Å². The first kappa shape index (κ1) is 15.3. The number of aliphatic hydroxyl groups is 1. The molecule has 0 saturated carbocycles. The maximum atomic E-state index is 12.5. The number of likely N-dealkylation sites (tertiary alicyclic amines) is 1. The van der Waals surface area contributed by atoms with Crippen LogP contribution < -0.4 is 0 Å². The highest BCUT2D eigenvalue weighted by atomic mass is 16.3. The van der Waals surface area contributed by atoms with Gasteiger partial charge in [0, 0.05) is 31.8 Å². The third-order valence-electron chi connectivity index (χ3n) is 4.53. The lowest BCUT2D eigenvalue weighted by Gasteiger charge is -2.38. The first-order chi connectivity index (χ1) is 11.2. The van der Waals surface area contributed by atoms with E-state index in [2.05, 4.69) is 17.1 Å². The summed E-state index contributed by atoms with van der Waals surface area (Å²) in [6, 6.07) is 13.7.